The van der Waals surface area contributed by atoms with Crippen LogP contribution in [-0.2, 0) is 4.74 Å². The van der Waals surface area contributed by atoms with Gasteiger partial charge in [-0.15, -0.1) is 0 Å². The lowest BCUT2D eigenvalue weighted by molar-refractivity contribution is 0.0376. The van der Waals surface area contributed by atoms with Crippen molar-refractivity contribution in [1.29, 1.82) is 0 Å². The molecule has 3 heterocycles. The van der Waals surface area contributed by atoms with Crippen molar-refractivity contribution in [3.63, 3.8) is 0 Å². The number of ether oxygens (including phenoxy) is 2. The molecule has 0 aliphatic carbocycles. The van der Waals surface area contributed by atoms with Crippen LogP contribution in [0.4, 0.5) is 5.13 Å². The van der Waals surface area contributed by atoms with E-state index in [-0.39, 0.29) is 11.7 Å². The predicted molar refractivity (Wildman–Crippen MR) is 136 cm³/mol. The molecule has 4 aromatic rings. The van der Waals surface area contributed by atoms with Crippen LogP contribution in [0.1, 0.15) is 23.9 Å². The molecule has 7 nitrogen and oxygen atoms in total. The molecular weight excluding hydrogens is 474 g/mol. The van der Waals surface area contributed by atoms with Gasteiger partial charge in [0, 0.05) is 36.6 Å². The lowest BCUT2D eigenvalue weighted by atomic mass is 10.2. The topological polar surface area (TPSA) is 68.0 Å². The van der Waals surface area contributed by atoms with E-state index in [2.05, 4.69) is 4.90 Å². The maximum Gasteiger partial charge on any atom is 0.295 e. The molecule has 2 aromatic carbocycles. The molecule has 0 radical (unpaired) electrons. The molecule has 0 bridgehead atoms. The molecule has 5 rings (SSSR count). The Morgan fingerprint density at radius 3 is 2.91 bits per heavy atom. The number of hydrogen-bond donors (Lipinski definition) is 0. The molecule has 2 aromatic heterocycles. The quantitative estimate of drug-likeness (QED) is 0.320. The van der Waals surface area contributed by atoms with Crippen molar-refractivity contribution in [1.82, 2.24) is 9.88 Å². The van der Waals surface area contributed by atoms with Gasteiger partial charge in [0.25, 0.3) is 5.91 Å². The lowest BCUT2D eigenvalue weighted by Crippen LogP contribution is -2.39. The van der Waals surface area contributed by atoms with Crippen LogP contribution in [0.2, 0.25) is 5.02 Å². The second-order valence-corrected chi connectivity index (χ2v) is 9.54. The zero-order chi connectivity index (χ0) is 23.5. The minimum Gasteiger partial charge on any atom is -0.490 e. The number of morpholine rings is 1. The molecule has 0 spiro atoms. The highest BCUT2D eigenvalue weighted by Crippen LogP contribution is 2.34. The summed E-state index contributed by atoms with van der Waals surface area (Å²) in [5.74, 6) is 0.684. The van der Waals surface area contributed by atoms with Gasteiger partial charge in [0.2, 0.25) is 0 Å². The van der Waals surface area contributed by atoms with Crippen LogP contribution >= 0.6 is 22.9 Å². The maximum atomic E-state index is 13.7. The summed E-state index contributed by atoms with van der Waals surface area (Å²) in [6.07, 6.45) is 0.812. The van der Waals surface area contributed by atoms with Crippen LogP contribution in [0.15, 0.2) is 46.9 Å². The first-order chi connectivity index (χ1) is 16.6. The van der Waals surface area contributed by atoms with Gasteiger partial charge in [-0.25, -0.2) is 4.98 Å². The van der Waals surface area contributed by atoms with Gasteiger partial charge in [-0.2, -0.15) is 0 Å². The fourth-order valence-corrected chi connectivity index (χ4v) is 5.37. The Bertz CT molecular complexity index is 1300. The fraction of sp³-hybridized carbons (Fsp3) is 0.360. The molecule has 0 saturated carbocycles. The summed E-state index contributed by atoms with van der Waals surface area (Å²) < 4.78 is 18.1. The van der Waals surface area contributed by atoms with Crippen LogP contribution in [0, 0.1) is 0 Å². The number of amides is 1. The number of furan rings is 1. The van der Waals surface area contributed by atoms with E-state index in [1.807, 2.05) is 43.3 Å². The summed E-state index contributed by atoms with van der Waals surface area (Å²) in [6, 6.07) is 13.0. The number of fused-ring (bicyclic) bond motifs is 2. The van der Waals surface area contributed by atoms with E-state index in [9.17, 15) is 4.79 Å². The van der Waals surface area contributed by atoms with E-state index in [0.29, 0.717) is 34.6 Å². The van der Waals surface area contributed by atoms with Crippen LogP contribution < -0.4 is 9.64 Å². The number of carbonyl (C=O) groups is 1. The number of anilines is 1. The summed E-state index contributed by atoms with van der Waals surface area (Å²) in [4.78, 5) is 22.5. The van der Waals surface area contributed by atoms with Gasteiger partial charge < -0.3 is 13.9 Å². The third-order valence-corrected chi connectivity index (χ3v) is 7.07. The van der Waals surface area contributed by atoms with Crippen molar-refractivity contribution in [2.45, 2.75) is 13.3 Å². The van der Waals surface area contributed by atoms with Gasteiger partial charge in [0.05, 0.1) is 30.0 Å². The molecule has 34 heavy (non-hydrogen) atoms. The zero-order valence-corrected chi connectivity index (χ0v) is 20.5. The Balaban J connectivity index is 1.44. The van der Waals surface area contributed by atoms with E-state index < -0.39 is 0 Å². The number of para-hydroxylation sites is 1. The number of carbonyl (C=O) groups excluding carboxylic acids is 1. The van der Waals surface area contributed by atoms with Crippen LogP contribution in [0.25, 0.3) is 21.2 Å². The van der Waals surface area contributed by atoms with E-state index >= 15 is 0 Å². The van der Waals surface area contributed by atoms with Gasteiger partial charge in [0.15, 0.2) is 22.2 Å². The number of rotatable bonds is 8. The summed E-state index contributed by atoms with van der Waals surface area (Å²) in [7, 11) is 0. The first-order valence-electron chi connectivity index (χ1n) is 11.5. The lowest BCUT2D eigenvalue weighted by Gasteiger charge is -2.27. The molecule has 9 heteroatoms. The normalized spacial score (nSPS) is 14.6. The molecule has 0 N–H and O–H groups in total. The summed E-state index contributed by atoms with van der Waals surface area (Å²) in [6.45, 7) is 7.19. The number of hydrogen-bond acceptors (Lipinski definition) is 7. The first-order valence-corrected chi connectivity index (χ1v) is 12.7. The predicted octanol–water partition coefficient (Wildman–Crippen LogP) is 5.46. The number of aromatic nitrogens is 1. The van der Waals surface area contributed by atoms with Crippen molar-refractivity contribution in [3.05, 3.63) is 53.2 Å². The molecule has 1 saturated heterocycles. The fourth-order valence-electron chi connectivity index (χ4n) is 4.11. The van der Waals surface area contributed by atoms with Gasteiger partial charge in [-0.1, -0.05) is 35.1 Å². The second kappa shape index (κ2) is 10.3. The smallest absolute Gasteiger partial charge is 0.295 e. The Kier molecular flexibility index (Phi) is 7.01. The largest absolute Gasteiger partial charge is 0.490 e. The highest BCUT2D eigenvalue weighted by atomic mass is 35.5. The van der Waals surface area contributed by atoms with Crippen LogP contribution in [0.5, 0.6) is 5.75 Å². The third-order valence-electron chi connectivity index (χ3n) is 5.79. The summed E-state index contributed by atoms with van der Waals surface area (Å²) >= 11 is 7.63. The van der Waals surface area contributed by atoms with Gasteiger partial charge in [0.1, 0.15) is 0 Å². The average molecular weight is 500 g/mol. The zero-order valence-electron chi connectivity index (χ0n) is 19.0. The molecule has 1 amide bonds. The number of benzene rings is 2. The van der Waals surface area contributed by atoms with Gasteiger partial charge in [-0.3, -0.25) is 14.6 Å². The van der Waals surface area contributed by atoms with Crippen LogP contribution in [0.3, 0.4) is 0 Å². The highest BCUT2D eigenvalue weighted by molar-refractivity contribution is 7.22. The maximum absolute atomic E-state index is 13.7. The summed E-state index contributed by atoms with van der Waals surface area (Å²) in [5.41, 5.74) is 1.40. The first kappa shape index (κ1) is 23.1. The SMILES string of the molecule is CCOc1cccc2cc(C(=O)N(CCCN3CCOCC3)c3nc4ccc(Cl)cc4s3)oc12. The number of thiazole rings is 1. The molecule has 0 unspecified atom stereocenters. The second-order valence-electron chi connectivity index (χ2n) is 8.09. The van der Waals surface area contributed by atoms with Crippen LogP contribution in [-0.4, -0.2) is 61.8 Å². The standard InChI is InChI=1S/C25H26ClN3O4S/c1-2-32-20-6-3-5-17-15-21(33-23(17)20)24(30)29(10-4-9-28-11-13-31-14-12-28)25-27-19-8-7-18(26)16-22(19)34-25/h3,5-8,15-16H,2,4,9-14H2,1H3. The Morgan fingerprint density at radius 1 is 1.24 bits per heavy atom. The molecule has 178 valence electrons. The van der Waals surface area contributed by atoms with E-state index in [4.69, 9.17) is 30.5 Å². The highest BCUT2D eigenvalue weighted by Gasteiger charge is 2.25. The molecule has 1 aliphatic heterocycles. The van der Waals surface area contributed by atoms with E-state index in [1.54, 1.807) is 11.0 Å². The molecule has 0 atom stereocenters. The van der Waals surface area contributed by atoms with Crippen molar-refractivity contribution in [2.24, 2.45) is 0 Å². The monoisotopic (exact) mass is 499 g/mol. The Hall–Kier alpha value is -2.65. The molecular formula is C25H26ClN3O4S. The number of nitrogens with zero attached hydrogens (tertiary/aromatic N) is 3. The van der Waals surface area contributed by atoms with Crippen molar-refractivity contribution >= 4 is 55.2 Å². The average Bonchev–Trinajstić information content (AvgIpc) is 3.47. The number of halogens is 1. The van der Waals surface area contributed by atoms with Gasteiger partial charge >= 0.3 is 0 Å². The Labute approximate surface area is 206 Å². The minimum absolute atomic E-state index is 0.217. The molecule has 1 fully saturated rings. The summed E-state index contributed by atoms with van der Waals surface area (Å²) in [5, 5.41) is 2.11. The van der Waals surface area contributed by atoms with E-state index in [0.717, 1.165) is 54.9 Å². The molecule has 1 aliphatic rings. The van der Waals surface area contributed by atoms with Crippen molar-refractivity contribution in [2.75, 3.05) is 50.9 Å². The Morgan fingerprint density at radius 2 is 2.09 bits per heavy atom. The minimum atomic E-state index is -0.217. The van der Waals surface area contributed by atoms with Crippen molar-refractivity contribution < 1.29 is 18.7 Å². The van der Waals surface area contributed by atoms with Crippen molar-refractivity contribution in [3.8, 4) is 5.75 Å². The van der Waals surface area contributed by atoms with E-state index in [1.165, 1.54) is 11.3 Å². The third kappa shape index (κ3) is 4.90. The van der Waals surface area contributed by atoms with Gasteiger partial charge in [-0.05, 0) is 43.7 Å².